The van der Waals surface area contributed by atoms with Gasteiger partial charge in [-0.2, -0.15) is 5.10 Å². The number of hydrogen-bond acceptors (Lipinski definition) is 6. The highest BCUT2D eigenvalue weighted by atomic mass is 32.1. The number of amides is 1. The first kappa shape index (κ1) is 20.6. The van der Waals surface area contributed by atoms with Crippen LogP contribution in [0.25, 0.3) is 22.3 Å². The number of anilines is 1. The Morgan fingerprint density at radius 2 is 1.90 bits per heavy atom. The van der Waals surface area contributed by atoms with E-state index >= 15 is 0 Å². The number of nitrogens with zero attached hydrogens (tertiary/aromatic N) is 5. The molecule has 0 fully saturated rings. The van der Waals surface area contributed by atoms with Gasteiger partial charge in [0.2, 0.25) is 5.91 Å². The Hall–Kier alpha value is -3.67. The predicted octanol–water partition coefficient (Wildman–Crippen LogP) is 1.55. The fourth-order valence-corrected chi connectivity index (χ4v) is 3.96. The predicted molar refractivity (Wildman–Crippen MR) is 111 cm³/mol. The molecule has 0 aliphatic rings. The van der Waals surface area contributed by atoms with Crippen molar-refractivity contribution in [1.82, 2.24) is 23.9 Å². The van der Waals surface area contributed by atoms with Crippen LogP contribution >= 0.6 is 11.3 Å². The average Bonchev–Trinajstić information content (AvgIpc) is 3.29. The molecule has 1 aromatic carbocycles. The summed E-state index contributed by atoms with van der Waals surface area (Å²) in [6.45, 7) is 0. The van der Waals surface area contributed by atoms with Crippen LogP contribution in [0, 0.1) is 11.6 Å². The molecule has 0 unspecified atom stereocenters. The van der Waals surface area contributed by atoms with Gasteiger partial charge in [-0.25, -0.2) is 18.6 Å². The summed E-state index contributed by atoms with van der Waals surface area (Å²) in [5, 5.41) is 8.74. The van der Waals surface area contributed by atoms with E-state index < -0.39 is 28.8 Å². The lowest BCUT2D eigenvalue weighted by atomic mass is 10.1. The van der Waals surface area contributed by atoms with Crippen LogP contribution in [0.4, 0.5) is 13.9 Å². The van der Waals surface area contributed by atoms with Crippen molar-refractivity contribution in [1.29, 1.82) is 0 Å². The third-order valence-corrected chi connectivity index (χ3v) is 5.60. The number of carbonyl (C=O) groups is 1. The van der Waals surface area contributed by atoms with Crippen LogP contribution in [-0.4, -0.2) is 29.8 Å². The fourth-order valence-electron chi connectivity index (χ4n) is 3.24. The second-order valence-corrected chi connectivity index (χ2v) is 7.72. The van der Waals surface area contributed by atoms with Crippen molar-refractivity contribution in [2.45, 2.75) is 6.42 Å². The molecule has 0 atom stereocenters. The maximum atomic E-state index is 14.0. The van der Waals surface area contributed by atoms with Crippen LogP contribution in [0.5, 0.6) is 0 Å². The SMILES string of the molecule is Cn1nc2c(c1CC(=O)Nc1nc(-c3ccc(F)cc3F)cs1)c(=O)n(C)c(=O)n2C. The van der Waals surface area contributed by atoms with E-state index in [9.17, 15) is 23.2 Å². The second-order valence-electron chi connectivity index (χ2n) is 6.86. The highest BCUT2D eigenvalue weighted by Crippen LogP contribution is 2.27. The van der Waals surface area contributed by atoms with E-state index in [0.717, 1.165) is 28.0 Å². The van der Waals surface area contributed by atoms with Crippen molar-refractivity contribution < 1.29 is 13.6 Å². The first-order valence-corrected chi connectivity index (χ1v) is 9.87. The molecule has 1 amide bonds. The molecule has 0 bridgehead atoms. The van der Waals surface area contributed by atoms with E-state index in [1.54, 1.807) is 7.05 Å². The van der Waals surface area contributed by atoms with Gasteiger partial charge in [-0.3, -0.25) is 23.4 Å². The molecule has 12 heteroatoms. The minimum Gasteiger partial charge on any atom is -0.302 e. The summed E-state index contributed by atoms with van der Waals surface area (Å²) in [6, 6.07) is 3.15. The van der Waals surface area contributed by atoms with Gasteiger partial charge in [0.15, 0.2) is 10.8 Å². The Morgan fingerprint density at radius 1 is 1.16 bits per heavy atom. The van der Waals surface area contributed by atoms with E-state index in [1.807, 2.05) is 0 Å². The Bertz CT molecular complexity index is 1470. The third-order valence-electron chi connectivity index (χ3n) is 4.84. The molecule has 0 saturated carbocycles. The number of halogens is 2. The lowest BCUT2D eigenvalue weighted by Crippen LogP contribution is -2.37. The standard InChI is InChI=1S/C19H16F2N6O3S/c1-25-16-15(17(29)26(2)19(25)30)13(27(3)24-16)7-14(28)23-18-22-12(8-31-18)10-5-4-9(20)6-11(10)21/h4-6,8H,7H2,1-3H3,(H,22,23,28). The van der Waals surface area contributed by atoms with E-state index in [1.165, 1.54) is 34.8 Å². The Kier molecular flexibility index (Phi) is 5.01. The van der Waals surface area contributed by atoms with E-state index in [0.29, 0.717) is 5.69 Å². The maximum absolute atomic E-state index is 14.0. The molecule has 31 heavy (non-hydrogen) atoms. The van der Waals surface area contributed by atoms with Crippen LogP contribution in [0.2, 0.25) is 0 Å². The van der Waals surface area contributed by atoms with Crippen LogP contribution < -0.4 is 16.6 Å². The summed E-state index contributed by atoms with van der Waals surface area (Å²) in [6.07, 6.45) is -0.194. The van der Waals surface area contributed by atoms with E-state index in [4.69, 9.17) is 0 Å². The molecule has 4 rings (SSSR count). The number of fused-ring (bicyclic) bond motifs is 1. The normalized spacial score (nSPS) is 11.3. The van der Waals surface area contributed by atoms with Crippen LogP contribution in [-0.2, 0) is 32.4 Å². The Morgan fingerprint density at radius 3 is 2.61 bits per heavy atom. The molecule has 3 heterocycles. The molecule has 0 aliphatic heterocycles. The average molecular weight is 446 g/mol. The highest BCUT2D eigenvalue weighted by Gasteiger charge is 2.21. The van der Waals surface area contributed by atoms with Crippen molar-refractivity contribution in [3.05, 3.63) is 61.7 Å². The van der Waals surface area contributed by atoms with Crippen molar-refractivity contribution in [3.63, 3.8) is 0 Å². The third kappa shape index (κ3) is 3.54. The minimum absolute atomic E-state index is 0.111. The van der Waals surface area contributed by atoms with Crippen LogP contribution in [0.3, 0.4) is 0 Å². The van der Waals surface area contributed by atoms with Crippen molar-refractivity contribution in [3.8, 4) is 11.3 Å². The van der Waals surface area contributed by atoms with Gasteiger partial charge in [-0.05, 0) is 12.1 Å². The smallest absolute Gasteiger partial charge is 0.302 e. The topological polar surface area (TPSA) is 104 Å². The van der Waals surface area contributed by atoms with Crippen LogP contribution in [0.1, 0.15) is 5.69 Å². The molecular weight excluding hydrogens is 430 g/mol. The summed E-state index contributed by atoms with van der Waals surface area (Å²) < 4.78 is 30.6. The molecule has 0 aliphatic carbocycles. The van der Waals surface area contributed by atoms with Gasteiger partial charge in [-0.1, -0.05) is 0 Å². The number of nitrogens with one attached hydrogen (secondary N) is 1. The summed E-state index contributed by atoms with van der Waals surface area (Å²) in [5.41, 5.74) is -0.174. The lowest BCUT2D eigenvalue weighted by Gasteiger charge is -2.05. The van der Waals surface area contributed by atoms with E-state index in [2.05, 4.69) is 15.4 Å². The van der Waals surface area contributed by atoms with Crippen molar-refractivity contribution in [2.24, 2.45) is 21.1 Å². The maximum Gasteiger partial charge on any atom is 0.332 e. The van der Waals surface area contributed by atoms with Gasteiger partial charge in [0.1, 0.15) is 17.0 Å². The van der Waals surface area contributed by atoms with Gasteiger partial charge in [0.25, 0.3) is 5.56 Å². The monoisotopic (exact) mass is 446 g/mol. The minimum atomic E-state index is -0.758. The van der Waals surface area contributed by atoms with E-state index in [-0.39, 0.29) is 33.8 Å². The molecule has 9 nitrogen and oxygen atoms in total. The van der Waals surface area contributed by atoms with Gasteiger partial charge < -0.3 is 5.32 Å². The van der Waals surface area contributed by atoms with Crippen molar-refractivity contribution in [2.75, 3.05) is 5.32 Å². The number of thiazole rings is 1. The molecular formula is C19H16F2N6O3S. The molecule has 0 saturated heterocycles. The van der Waals surface area contributed by atoms with Crippen LogP contribution in [0.15, 0.2) is 33.2 Å². The zero-order valence-electron chi connectivity index (χ0n) is 16.6. The second kappa shape index (κ2) is 7.54. The summed E-state index contributed by atoms with van der Waals surface area (Å²) >= 11 is 1.08. The quantitative estimate of drug-likeness (QED) is 0.512. The molecule has 3 aromatic heterocycles. The zero-order valence-corrected chi connectivity index (χ0v) is 17.5. The zero-order chi connectivity index (χ0) is 22.4. The molecule has 4 aromatic rings. The van der Waals surface area contributed by atoms with Crippen molar-refractivity contribution >= 4 is 33.4 Å². The number of aryl methyl sites for hydroxylation is 2. The fraction of sp³-hybridized carbons (Fsp3) is 0.211. The number of rotatable bonds is 4. The molecule has 0 radical (unpaired) electrons. The number of benzene rings is 1. The first-order valence-electron chi connectivity index (χ1n) is 8.99. The first-order chi connectivity index (χ1) is 14.7. The molecule has 0 spiro atoms. The summed E-state index contributed by atoms with van der Waals surface area (Å²) in [5.74, 6) is -1.93. The summed E-state index contributed by atoms with van der Waals surface area (Å²) in [7, 11) is 4.42. The van der Waals surface area contributed by atoms with Gasteiger partial charge in [0, 0.05) is 38.2 Å². The number of aromatic nitrogens is 5. The number of hydrogen-bond donors (Lipinski definition) is 1. The van der Waals surface area contributed by atoms with Gasteiger partial charge >= 0.3 is 5.69 Å². The molecule has 160 valence electrons. The lowest BCUT2D eigenvalue weighted by molar-refractivity contribution is -0.115. The summed E-state index contributed by atoms with van der Waals surface area (Å²) in [4.78, 5) is 41.4. The largest absolute Gasteiger partial charge is 0.332 e. The Labute approximate surface area is 177 Å². The Balaban J connectivity index is 1.61. The van der Waals surface area contributed by atoms with Gasteiger partial charge in [-0.15, -0.1) is 11.3 Å². The highest BCUT2D eigenvalue weighted by molar-refractivity contribution is 7.14. The van der Waals surface area contributed by atoms with Gasteiger partial charge in [0.05, 0.1) is 17.8 Å². The molecule has 1 N–H and O–H groups in total. The number of carbonyl (C=O) groups excluding carboxylic acids is 1.